The largest absolute Gasteiger partial charge is 0.444 e. The van der Waals surface area contributed by atoms with Gasteiger partial charge in [0.1, 0.15) is 17.4 Å². The Morgan fingerprint density at radius 1 is 1.42 bits per heavy atom. The van der Waals surface area contributed by atoms with E-state index in [0.717, 1.165) is 16.7 Å². The van der Waals surface area contributed by atoms with Crippen molar-refractivity contribution in [2.45, 2.75) is 52.2 Å². The van der Waals surface area contributed by atoms with Crippen molar-refractivity contribution in [3.63, 3.8) is 0 Å². The van der Waals surface area contributed by atoms with Crippen LogP contribution in [0.15, 0.2) is 11.4 Å². The number of aryl methyl sites for hydroxylation is 1. The van der Waals surface area contributed by atoms with Crippen LogP contribution in [0.3, 0.4) is 0 Å². The highest BCUT2D eigenvalue weighted by Gasteiger charge is 2.29. The lowest BCUT2D eigenvalue weighted by molar-refractivity contribution is -0.112. The zero-order valence-corrected chi connectivity index (χ0v) is 12.9. The molecule has 0 bridgehead atoms. The van der Waals surface area contributed by atoms with Gasteiger partial charge in [0.05, 0.1) is 0 Å². The number of ether oxygens (including phenoxy) is 1. The highest BCUT2D eigenvalue weighted by atomic mass is 32.1. The Hall–Kier alpha value is -1.36. The maximum absolute atomic E-state index is 11.8. The molecule has 19 heavy (non-hydrogen) atoms. The first-order valence-electron chi connectivity index (χ1n) is 6.16. The summed E-state index contributed by atoms with van der Waals surface area (Å²) in [7, 11) is 0. The van der Waals surface area contributed by atoms with Gasteiger partial charge in [0.25, 0.3) is 0 Å². The van der Waals surface area contributed by atoms with Crippen molar-refractivity contribution in [3.05, 3.63) is 21.9 Å². The molecule has 0 radical (unpaired) electrons. The predicted molar refractivity (Wildman–Crippen MR) is 76.6 cm³/mol. The minimum absolute atomic E-state index is 0.471. The number of alkyl carbamates (subject to hydrolysis) is 1. The molecule has 0 aliphatic carbocycles. The Kier molecular flexibility index (Phi) is 4.74. The van der Waals surface area contributed by atoms with Crippen LogP contribution in [0.1, 0.15) is 38.1 Å². The number of carbonyl (C=O) groups excluding carboxylic acids is 2. The van der Waals surface area contributed by atoms with Crippen LogP contribution in [0.4, 0.5) is 4.79 Å². The van der Waals surface area contributed by atoms with E-state index in [2.05, 4.69) is 5.32 Å². The number of amides is 1. The van der Waals surface area contributed by atoms with Crippen molar-refractivity contribution in [2.24, 2.45) is 0 Å². The average molecular weight is 283 g/mol. The fourth-order valence-electron chi connectivity index (χ4n) is 1.57. The van der Waals surface area contributed by atoms with Crippen molar-refractivity contribution >= 4 is 23.7 Å². The van der Waals surface area contributed by atoms with Gasteiger partial charge in [-0.25, -0.2) is 4.79 Å². The molecule has 1 rings (SSSR count). The molecule has 0 saturated carbocycles. The van der Waals surface area contributed by atoms with Crippen molar-refractivity contribution in [1.82, 2.24) is 5.32 Å². The molecule has 1 N–H and O–H groups in total. The van der Waals surface area contributed by atoms with E-state index in [-0.39, 0.29) is 0 Å². The predicted octanol–water partition coefficient (Wildman–Crippen LogP) is 3.08. The summed E-state index contributed by atoms with van der Waals surface area (Å²) in [6, 6.07) is 2.00. The summed E-state index contributed by atoms with van der Waals surface area (Å²) in [4.78, 5) is 24.1. The van der Waals surface area contributed by atoms with Gasteiger partial charge < -0.3 is 14.8 Å². The molecule has 0 spiro atoms. The zero-order valence-electron chi connectivity index (χ0n) is 12.1. The number of hydrogen-bond acceptors (Lipinski definition) is 4. The van der Waals surface area contributed by atoms with E-state index in [0.29, 0.717) is 6.42 Å². The molecular weight excluding hydrogens is 262 g/mol. The molecule has 1 atom stereocenters. The fraction of sp³-hybridized carbons (Fsp3) is 0.571. The third-order valence-corrected chi connectivity index (χ3v) is 3.57. The minimum Gasteiger partial charge on any atom is -0.444 e. The lowest BCUT2D eigenvalue weighted by atomic mass is 9.97. The van der Waals surface area contributed by atoms with E-state index in [1.54, 1.807) is 39.0 Å². The van der Waals surface area contributed by atoms with Crippen LogP contribution in [0, 0.1) is 6.92 Å². The van der Waals surface area contributed by atoms with Crippen LogP contribution < -0.4 is 5.32 Å². The number of carbonyl (C=O) groups is 2. The summed E-state index contributed by atoms with van der Waals surface area (Å²) in [5.41, 5.74) is -0.394. The number of nitrogens with one attached hydrogen (secondary N) is 1. The van der Waals surface area contributed by atoms with Crippen molar-refractivity contribution < 1.29 is 14.3 Å². The quantitative estimate of drug-likeness (QED) is 0.864. The molecule has 0 fully saturated rings. The normalized spacial score (nSPS) is 14.6. The molecule has 5 heteroatoms. The van der Waals surface area contributed by atoms with E-state index >= 15 is 0 Å². The molecule has 1 aromatic rings. The van der Waals surface area contributed by atoms with Crippen LogP contribution >= 0.6 is 11.3 Å². The molecule has 0 saturated heterocycles. The second-order valence-corrected chi connectivity index (χ2v) is 6.87. The maximum Gasteiger partial charge on any atom is 0.408 e. The van der Waals surface area contributed by atoms with Crippen molar-refractivity contribution in [1.29, 1.82) is 0 Å². The fourth-order valence-corrected chi connectivity index (χ4v) is 2.64. The molecule has 4 nitrogen and oxygen atoms in total. The van der Waals surface area contributed by atoms with Gasteiger partial charge in [-0.05, 0) is 51.6 Å². The van der Waals surface area contributed by atoms with Crippen LogP contribution in [0.2, 0.25) is 0 Å². The van der Waals surface area contributed by atoms with Crippen LogP contribution in [-0.2, 0) is 16.0 Å². The third kappa shape index (κ3) is 5.03. The lowest BCUT2D eigenvalue weighted by Crippen LogP contribution is -2.50. The smallest absolute Gasteiger partial charge is 0.408 e. The average Bonchev–Trinajstić information content (AvgIpc) is 2.61. The van der Waals surface area contributed by atoms with Crippen LogP contribution in [0.5, 0.6) is 0 Å². The summed E-state index contributed by atoms with van der Waals surface area (Å²) in [6.45, 7) is 9.05. The molecule has 0 unspecified atom stereocenters. The highest BCUT2D eigenvalue weighted by Crippen LogP contribution is 2.21. The van der Waals surface area contributed by atoms with Gasteiger partial charge in [-0.15, -0.1) is 11.3 Å². The second kappa shape index (κ2) is 5.74. The number of aldehydes is 1. The van der Waals surface area contributed by atoms with Gasteiger partial charge in [-0.1, -0.05) is 0 Å². The van der Waals surface area contributed by atoms with Gasteiger partial charge in [-0.2, -0.15) is 0 Å². The monoisotopic (exact) mass is 283 g/mol. The SMILES string of the molecule is Cc1ccsc1C[C@](C)(C=O)NC(=O)OC(C)(C)C. The molecule has 0 aromatic carbocycles. The van der Waals surface area contributed by atoms with E-state index in [1.165, 1.54) is 0 Å². The van der Waals surface area contributed by atoms with Gasteiger partial charge in [0.2, 0.25) is 0 Å². The molecule has 0 aliphatic heterocycles. The van der Waals surface area contributed by atoms with Crippen molar-refractivity contribution in [3.8, 4) is 0 Å². The molecule has 0 aliphatic rings. The zero-order chi connectivity index (χ0) is 14.7. The first kappa shape index (κ1) is 15.7. The molecule has 1 aromatic heterocycles. The standard InChI is InChI=1S/C14H21NO3S/c1-10-6-7-19-11(10)8-14(5,9-16)15-12(17)18-13(2,3)4/h6-7,9H,8H2,1-5H3,(H,15,17)/t14-/m1/s1. The van der Waals surface area contributed by atoms with Crippen LogP contribution in [-0.4, -0.2) is 23.5 Å². The number of thiophene rings is 1. The van der Waals surface area contributed by atoms with E-state index in [9.17, 15) is 9.59 Å². The van der Waals surface area contributed by atoms with E-state index < -0.39 is 17.2 Å². The first-order chi connectivity index (χ1) is 8.65. The Morgan fingerprint density at radius 2 is 2.05 bits per heavy atom. The Balaban J connectivity index is 2.73. The summed E-state index contributed by atoms with van der Waals surface area (Å²) < 4.78 is 5.18. The molecule has 1 amide bonds. The Labute approximate surface area is 118 Å². The maximum atomic E-state index is 11.8. The summed E-state index contributed by atoms with van der Waals surface area (Å²) in [6.07, 6.45) is 0.659. The summed E-state index contributed by atoms with van der Waals surface area (Å²) in [5, 5.41) is 4.62. The Morgan fingerprint density at radius 3 is 2.47 bits per heavy atom. The summed E-state index contributed by atoms with van der Waals surface area (Å²) in [5.74, 6) is 0. The number of hydrogen-bond donors (Lipinski definition) is 1. The van der Waals surface area contributed by atoms with E-state index in [4.69, 9.17) is 4.74 Å². The van der Waals surface area contributed by atoms with Gasteiger partial charge in [0, 0.05) is 11.3 Å². The molecule has 1 heterocycles. The van der Waals surface area contributed by atoms with Crippen molar-refractivity contribution in [2.75, 3.05) is 0 Å². The first-order valence-corrected chi connectivity index (χ1v) is 7.04. The van der Waals surface area contributed by atoms with Gasteiger partial charge in [0.15, 0.2) is 0 Å². The van der Waals surface area contributed by atoms with Gasteiger partial charge >= 0.3 is 6.09 Å². The minimum atomic E-state index is -0.946. The molecule has 106 valence electrons. The number of rotatable bonds is 4. The summed E-state index contributed by atoms with van der Waals surface area (Å²) >= 11 is 1.58. The molecular formula is C14H21NO3S. The van der Waals surface area contributed by atoms with E-state index in [1.807, 2.05) is 18.4 Å². The third-order valence-electron chi connectivity index (χ3n) is 2.54. The topological polar surface area (TPSA) is 55.4 Å². The van der Waals surface area contributed by atoms with Crippen LogP contribution in [0.25, 0.3) is 0 Å². The van der Waals surface area contributed by atoms with Gasteiger partial charge in [-0.3, -0.25) is 0 Å². The lowest BCUT2D eigenvalue weighted by Gasteiger charge is -2.27. The second-order valence-electron chi connectivity index (χ2n) is 5.87. The highest BCUT2D eigenvalue weighted by molar-refractivity contribution is 7.10. The Bertz CT molecular complexity index is 462.